The van der Waals surface area contributed by atoms with Crippen LogP contribution in [-0.2, 0) is 9.53 Å². The van der Waals surface area contributed by atoms with Crippen LogP contribution in [0.3, 0.4) is 0 Å². The van der Waals surface area contributed by atoms with Gasteiger partial charge in [0.1, 0.15) is 11.9 Å². The van der Waals surface area contributed by atoms with Crippen molar-refractivity contribution in [2.45, 2.75) is 32.8 Å². The van der Waals surface area contributed by atoms with Crippen LogP contribution in [0.4, 0.5) is 17.2 Å². The molecular formula is C18H21N3O2. The number of amides is 1. The van der Waals surface area contributed by atoms with Crippen molar-refractivity contribution in [2.24, 2.45) is 0 Å². The van der Waals surface area contributed by atoms with Gasteiger partial charge in [0.15, 0.2) is 0 Å². The monoisotopic (exact) mass is 311 g/mol. The molecule has 1 fully saturated rings. The fourth-order valence-electron chi connectivity index (χ4n) is 2.52. The zero-order valence-electron chi connectivity index (χ0n) is 13.4. The molecule has 0 radical (unpaired) electrons. The van der Waals surface area contributed by atoms with Gasteiger partial charge in [0.2, 0.25) is 0 Å². The molecule has 2 aromatic rings. The van der Waals surface area contributed by atoms with Crippen LogP contribution in [0.5, 0.6) is 0 Å². The van der Waals surface area contributed by atoms with Gasteiger partial charge in [-0.3, -0.25) is 4.79 Å². The minimum Gasteiger partial charge on any atom is -0.368 e. The highest BCUT2D eigenvalue weighted by Gasteiger charge is 2.23. The number of aromatic nitrogens is 1. The van der Waals surface area contributed by atoms with Gasteiger partial charge in [-0.25, -0.2) is 4.98 Å². The number of carbonyl (C=O) groups excluding carboxylic acids is 1. The summed E-state index contributed by atoms with van der Waals surface area (Å²) in [5.41, 5.74) is 4.40. The van der Waals surface area contributed by atoms with Gasteiger partial charge in [0.05, 0.1) is 11.9 Å². The molecule has 1 atom stereocenters. The van der Waals surface area contributed by atoms with Crippen LogP contribution in [0.2, 0.25) is 0 Å². The predicted molar refractivity (Wildman–Crippen MR) is 91.0 cm³/mol. The van der Waals surface area contributed by atoms with Crippen molar-refractivity contribution in [1.82, 2.24) is 4.98 Å². The first-order valence-corrected chi connectivity index (χ1v) is 7.84. The number of hydrogen-bond donors (Lipinski definition) is 2. The molecule has 0 spiro atoms. The average molecular weight is 311 g/mol. The highest BCUT2D eigenvalue weighted by Crippen LogP contribution is 2.20. The SMILES string of the molecule is Cc1ccc(Nc2ccc(NC(=O)C3CCCO3)nc2)cc1C. The lowest BCUT2D eigenvalue weighted by molar-refractivity contribution is -0.124. The third kappa shape index (κ3) is 3.87. The Balaban J connectivity index is 1.62. The number of carbonyl (C=O) groups is 1. The van der Waals surface area contributed by atoms with Crippen LogP contribution >= 0.6 is 0 Å². The summed E-state index contributed by atoms with van der Waals surface area (Å²) in [7, 11) is 0. The summed E-state index contributed by atoms with van der Waals surface area (Å²) in [6.45, 7) is 4.83. The summed E-state index contributed by atoms with van der Waals surface area (Å²) in [6, 6.07) is 9.91. The average Bonchev–Trinajstić information content (AvgIpc) is 3.07. The van der Waals surface area contributed by atoms with E-state index in [9.17, 15) is 4.79 Å². The molecule has 1 saturated heterocycles. The van der Waals surface area contributed by atoms with E-state index in [0.717, 1.165) is 24.2 Å². The quantitative estimate of drug-likeness (QED) is 0.906. The maximum atomic E-state index is 12.0. The highest BCUT2D eigenvalue weighted by atomic mass is 16.5. The molecular weight excluding hydrogens is 290 g/mol. The number of anilines is 3. The normalized spacial score (nSPS) is 17.0. The van der Waals surface area contributed by atoms with Crippen LogP contribution in [0, 0.1) is 13.8 Å². The maximum absolute atomic E-state index is 12.0. The fraction of sp³-hybridized carbons (Fsp3) is 0.333. The lowest BCUT2D eigenvalue weighted by atomic mass is 10.1. The number of ether oxygens (including phenoxy) is 1. The predicted octanol–water partition coefficient (Wildman–Crippen LogP) is 3.56. The number of nitrogens with one attached hydrogen (secondary N) is 2. The molecule has 1 unspecified atom stereocenters. The lowest BCUT2D eigenvalue weighted by Gasteiger charge is -2.11. The molecule has 0 aliphatic carbocycles. The first-order chi connectivity index (χ1) is 11.1. The van der Waals surface area contributed by atoms with Crippen molar-refractivity contribution in [3.63, 3.8) is 0 Å². The molecule has 1 aromatic carbocycles. The molecule has 5 heteroatoms. The summed E-state index contributed by atoms with van der Waals surface area (Å²) < 4.78 is 5.36. The fourth-order valence-corrected chi connectivity index (χ4v) is 2.52. The molecule has 1 aliphatic heterocycles. The Labute approximate surface area is 136 Å². The van der Waals surface area contributed by atoms with Gasteiger partial charge in [-0.1, -0.05) is 6.07 Å². The number of nitrogens with zero attached hydrogens (tertiary/aromatic N) is 1. The second-order valence-corrected chi connectivity index (χ2v) is 5.85. The maximum Gasteiger partial charge on any atom is 0.254 e. The third-order valence-electron chi connectivity index (χ3n) is 4.03. The van der Waals surface area contributed by atoms with Gasteiger partial charge in [-0.05, 0) is 62.1 Å². The lowest BCUT2D eigenvalue weighted by Crippen LogP contribution is -2.27. The number of rotatable bonds is 4. The van der Waals surface area contributed by atoms with E-state index in [0.29, 0.717) is 12.4 Å². The van der Waals surface area contributed by atoms with Crippen molar-refractivity contribution < 1.29 is 9.53 Å². The standard InChI is InChI=1S/C18H21N3O2/c1-12-5-6-14(10-13(12)2)20-15-7-8-17(19-11-15)21-18(22)16-4-3-9-23-16/h5-8,10-11,16,20H,3-4,9H2,1-2H3,(H,19,21,22). The summed E-state index contributed by atoms with van der Waals surface area (Å²) in [4.78, 5) is 16.2. The Kier molecular flexibility index (Phi) is 4.57. The van der Waals surface area contributed by atoms with E-state index in [1.807, 2.05) is 12.1 Å². The Bertz CT molecular complexity index is 692. The van der Waals surface area contributed by atoms with Crippen LogP contribution in [0.15, 0.2) is 36.5 Å². The van der Waals surface area contributed by atoms with Gasteiger partial charge in [-0.2, -0.15) is 0 Å². The Hall–Kier alpha value is -2.40. The minimum atomic E-state index is -0.342. The van der Waals surface area contributed by atoms with Crippen LogP contribution < -0.4 is 10.6 Å². The van der Waals surface area contributed by atoms with E-state index in [1.165, 1.54) is 11.1 Å². The van der Waals surface area contributed by atoms with Crippen molar-refractivity contribution in [1.29, 1.82) is 0 Å². The second-order valence-electron chi connectivity index (χ2n) is 5.85. The molecule has 0 bridgehead atoms. The summed E-state index contributed by atoms with van der Waals surface area (Å²) in [6.07, 6.45) is 3.08. The van der Waals surface area contributed by atoms with Crippen LogP contribution in [-0.4, -0.2) is 23.6 Å². The number of aryl methyl sites for hydroxylation is 2. The molecule has 2 N–H and O–H groups in total. The van der Waals surface area contributed by atoms with Crippen LogP contribution in [0.1, 0.15) is 24.0 Å². The first kappa shape index (κ1) is 15.5. The van der Waals surface area contributed by atoms with Crippen molar-refractivity contribution in [3.8, 4) is 0 Å². The van der Waals surface area contributed by atoms with E-state index in [4.69, 9.17) is 4.74 Å². The molecule has 0 saturated carbocycles. The topological polar surface area (TPSA) is 63.2 Å². The molecule has 1 amide bonds. The summed E-state index contributed by atoms with van der Waals surface area (Å²) >= 11 is 0. The highest BCUT2D eigenvalue weighted by molar-refractivity contribution is 5.93. The van der Waals surface area contributed by atoms with E-state index < -0.39 is 0 Å². The Morgan fingerprint density at radius 3 is 2.65 bits per heavy atom. The summed E-state index contributed by atoms with van der Waals surface area (Å²) in [5, 5.41) is 6.10. The van der Waals surface area contributed by atoms with E-state index in [1.54, 1.807) is 12.3 Å². The molecule has 120 valence electrons. The van der Waals surface area contributed by atoms with Gasteiger partial charge in [0, 0.05) is 12.3 Å². The molecule has 3 rings (SSSR count). The minimum absolute atomic E-state index is 0.120. The van der Waals surface area contributed by atoms with Crippen molar-refractivity contribution in [2.75, 3.05) is 17.2 Å². The van der Waals surface area contributed by atoms with E-state index in [-0.39, 0.29) is 12.0 Å². The second kappa shape index (κ2) is 6.79. The summed E-state index contributed by atoms with van der Waals surface area (Å²) in [5.74, 6) is 0.418. The zero-order chi connectivity index (χ0) is 16.2. The Morgan fingerprint density at radius 1 is 1.17 bits per heavy atom. The smallest absolute Gasteiger partial charge is 0.254 e. The molecule has 1 aromatic heterocycles. The van der Waals surface area contributed by atoms with Gasteiger partial charge >= 0.3 is 0 Å². The molecule has 2 heterocycles. The van der Waals surface area contributed by atoms with Crippen molar-refractivity contribution in [3.05, 3.63) is 47.7 Å². The number of benzene rings is 1. The first-order valence-electron chi connectivity index (χ1n) is 7.84. The van der Waals surface area contributed by atoms with E-state index in [2.05, 4.69) is 41.6 Å². The number of pyridine rings is 1. The van der Waals surface area contributed by atoms with E-state index >= 15 is 0 Å². The Morgan fingerprint density at radius 2 is 2.00 bits per heavy atom. The third-order valence-corrected chi connectivity index (χ3v) is 4.03. The van der Waals surface area contributed by atoms with Crippen molar-refractivity contribution >= 4 is 23.1 Å². The van der Waals surface area contributed by atoms with Crippen LogP contribution in [0.25, 0.3) is 0 Å². The largest absolute Gasteiger partial charge is 0.368 e. The zero-order valence-corrected chi connectivity index (χ0v) is 13.4. The molecule has 1 aliphatic rings. The van der Waals surface area contributed by atoms with Gasteiger partial charge in [-0.15, -0.1) is 0 Å². The van der Waals surface area contributed by atoms with Gasteiger partial charge in [0.25, 0.3) is 5.91 Å². The molecule has 23 heavy (non-hydrogen) atoms. The number of hydrogen-bond acceptors (Lipinski definition) is 4. The van der Waals surface area contributed by atoms with Gasteiger partial charge < -0.3 is 15.4 Å². The molecule has 5 nitrogen and oxygen atoms in total.